The van der Waals surface area contributed by atoms with Crippen LogP contribution in [0.3, 0.4) is 0 Å². The van der Waals surface area contributed by atoms with E-state index in [4.69, 9.17) is 5.73 Å². The summed E-state index contributed by atoms with van der Waals surface area (Å²) in [5.74, 6) is 2.14. The maximum Gasteiger partial charge on any atom is 0.268 e. The van der Waals surface area contributed by atoms with Crippen LogP contribution in [-0.2, 0) is 5.41 Å². The van der Waals surface area contributed by atoms with Crippen LogP contribution in [-0.4, -0.2) is 10.1 Å². The van der Waals surface area contributed by atoms with Crippen LogP contribution in [0.4, 0.5) is 5.82 Å². The molecule has 1 aromatic heterocycles. The minimum Gasteiger partial charge on any atom is -0.507 e. The van der Waals surface area contributed by atoms with E-state index in [9.17, 15) is 20.4 Å². The van der Waals surface area contributed by atoms with Gasteiger partial charge in [0, 0.05) is 11.1 Å². The number of aromatic hydroxyl groups is 1. The van der Waals surface area contributed by atoms with Crippen LogP contribution in [0.1, 0.15) is 55.2 Å². The standard InChI is InChI=1S/C23H22N4O2/c24-10-17-20(18(11-25)22(29)27-21(17)26)16-6-15(1-2-19(16)28)23-7-12-3-13(8-23)5-14(4-12)9-23/h1-2,6,12-14,28H,3-5,7-9H2,(H3,26,27,29). The van der Waals surface area contributed by atoms with E-state index in [1.54, 1.807) is 6.07 Å². The molecular formula is C23H22N4O2. The first-order valence-corrected chi connectivity index (χ1v) is 10.1. The number of rotatable bonds is 2. The number of pyridine rings is 1. The first-order chi connectivity index (χ1) is 13.9. The highest BCUT2D eigenvalue weighted by atomic mass is 16.3. The Balaban J connectivity index is 1.71. The Morgan fingerprint density at radius 3 is 2.17 bits per heavy atom. The number of nitriles is 2. The number of benzene rings is 1. The predicted molar refractivity (Wildman–Crippen MR) is 108 cm³/mol. The van der Waals surface area contributed by atoms with Crippen LogP contribution in [0.5, 0.6) is 5.75 Å². The Morgan fingerprint density at radius 2 is 1.62 bits per heavy atom. The van der Waals surface area contributed by atoms with E-state index >= 15 is 0 Å². The van der Waals surface area contributed by atoms with Crippen LogP contribution in [0.25, 0.3) is 11.1 Å². The maximum absolute atomic E-state index is 12.3. The van der Waals surface area contributed by atoms with Crippen LogP contribution < -0.4 is 11.3 Å². The second-order valence-corrected chi connectivity index (χ2v) is 9.15. The number of hydrogen-bond acceptors (Lipinski definition) is 5. The second-order valence-electron chi connectivity index (χ2n) is 9.15. The average Bonchev–Trinajstić information content (AvgIpc) is 2.67. The number of aromatic amines is 1. The van der Waals surface area contributed by atoms with Crippen molar-refractivity contribution in [1.82, 2.24) is 4.98 Å². The van der Waals surface area contributed by atoms with E-state index < -0.39 is 5.56 Å². The van der Waals surface area contributed by atoms with Gasteiger partial charge in [-0.3, -0.25) is 4.79 Å². The van der Waals surface area contributed by atoms with Gasteiger partial charge in [-0.25, -0.2) is 0 Å². The van der Waals surface area contributed by atoms with E-state index in [-0.39, 0.29) is 33.7 Å². The third-order valence-corrected chi connectivity index (χ3v) is 7.38. The molecule has 0 spiro atoms. The zero-order chi connectivity index (χ0) is 20.3. The van der Waals surface area contributed by atoms with Crippen molar-refractivity contribution in [2.75, 3.05) is 5.73 Å². The Morgan fingerprint density at radius 1 is 1.03 bits per heavy atom. The zero-order valence-corrected chi connectivity index (χ0v) is 16.0. The number of anilines is 1. The molecule has 29 heavy (non-hydrogen) atoms. The lowest BCUT2D eigenvalue weighted by Gasteiger charge is -2.57. The molecule has 1 aromatic carbocycles. The van der Waals surface area contributed by atoms with Crippen molar-refractivity contribution < 1.29 is 5.11 Å². The molecule has 2 aromatic rings. The van der Waals surface area contributed by atoms with Gasteiger partial charge in [-0.15, -0.1) is 0 Å². The molecule has 0 unspecified atom stereocenters. The van der Waals surface area contributed by atoms with Gasteiger partial charge in [0.25, 0.3) is 5.56 Å². The Kier molecular flexibility index (Phi) is 3.76. The SMILES string of the molecule is N#Cc1c(N)[nH]c(=O)c(C#N)c1-c1cc(C23CC4CC(CC(C4)C2)C3)ccc1O. The summed E-state index contributed by atoms with van der Waals surface area (Å²) < 4.78 is 0. The van der Waals surface area contributed by atoms with Crippen LogP contribution in [0.15, 0.2) is 23.0 Å². The molecule has 6 nitrogen and oxygen atoms in total. The molecule has 0 radical (unpaired) electrons. The highest BCUT2D eigenvalue weighted by molar-refractivity contribution is 5.83. The molecule has 6 rings (SSSR count). The molecule has 1 heterocycles. The molecule has 4 fully saturated rings. The summed E-state index contributed by atoms with van der Waals surface area (Å²) in [4.78, 5) is 14.7. The normalized spacial score (nSPS) is 29.4. The summed E-state index contributed by atoms with van der Waals surface area (Å²) in [6.45, 7) is 0. The molecular weight excluding hydrogens is 364 g/mol. The van der Waals surface area contributed by atoms with E-state index in [1.165, 1.54) is 19.3 Å². The van der Waals surface area contributed by atoms with Crippen molar-refractivity contribution in [2.24, 2.45) is 17.8 Å². The van der Waals surface area contributed by atoms with Gasteiger partial charge in [-0.2, -0.15) is 10.5 Å². The van der Waals surface area contributed by atoms with E-state index in [2.05, 4.69) is 4.98 Å². The Labute approximate surface area is 168 Å². The van der Waals surface area contributed by atoms with E-state index in [0.29, 0.717) is 5.56 Å². The number of nitrogen functional groups attached to an aromatic ring is 1. The fourth-order valence-electron chi connectivity index (χ4n) is 6.64. The summed E-state index contributed by atoms with van der Waals surface area (Å²) in [5, 5.41) is 29.8. The summed E-state index contributed by atoms with van der Waals surface area (Å²) in [7, 11) is 0. The number of H-pyrrole nitrogens is 1. The van der Waals surface area contributed by atoms with Crippen molar-refractivity contribution >= 4 is 5.82 Å². The lowest BCUT2D eigenvalue weighted by molar-refractivity contribution is -0.00518. The van der Waals surface area contributed by atoms with Gasteiger partial charge in [0.1, 0.15) is 34.8 Å². The molecule has 4 bridgehead atoms. The van der Waals surface area contributed by atoms with Gasteiger partial charge in [0.15, 0.2) is 0 Å². The number of aromatic nitrogens is 1. The molecule has 0 amide bonds. The monoisotopic (exact) mass is 386 g/mol. The second kappa shape index (κ2) is 6.12. The lowest BCUT2D eigenvalue weighted by atomic mass is 9.48. The van der Waals surface area contributed by atoms with Crippen molar-refractivity contribution in [1.29, 1.82) is 10.5 Å². The molecule has 0 saturated heterocycles. The van der Waals surface area contributed by atoms with Gasteiger partial charge in [-0.05, 0) is 79.4 Å². The number of nitrogens with one attached hydrogen (secondary N) is 1. The number of phenols is 1. The number of nitrogens with two attached hydrogens (primary N) is 1. The van der Waals surface area contributed by atoms with Gasteiger partial charge in [0.05, 0.1) is 0 Å². The highest BCUT2D eigenvalue weighted by Crippen LogP contribution is 2.61. The van der Waals surface area contributed by atoms with Crippen LogP contribution >= 0.6 is 0 Å². The van der Waals surface area contributed by atoms with Crippen molar-refractivity contribution in [2.45, 2.75) is 43.9 Å². The molecule has 0 aliphatic heterocycles. The quantitative estimate of drug-likeness (QED) is 0.727. The van der Waals surface area contributed by atoms with Crippen molar-refractivity contribution in [3.8, 4) is 29.0 Å². The first-order valence-electron chi connectivity index (χ1n) is 10.1. The first kappa shape index (κ1) is 17.8. The molecule has 146 valence electrons. The Bertz CT molecular complexity index is 1130. The zero-order valence-electron chi connectivity index (χ0n) is 16.0. The largest absolute Gasteiger partial charge is 0.507 e. The molecule has 6 heteroatoms. The fraction of sp³-hybridized carbons (Fsp3) is 0.435. The van der Waals surface area contributed by atoms with E-state index in [0.717, 1.165) is 42.6 Å². The number of phenolic OH excluding ortho intramolecular Hbond substituents is 1. The minimum atomic E-state index is -0.654. The van der Waals surface area contributed by atoms with Gasteiger partial charge in [0.2, 0.25) is 0 Å². The summed E-state index contributed by atoms with van der Waals surface area (Å²) in [6, 6.07) is 9.36. The highest BCUT2D eigenvalue weighted by Gasteiger charge is 2.51. The van der Waals surface area contributed by atoms with Crippen molar-refractivity contribution in [3.05, 3.63) is 45.2 Å². The summed E-state index contributed by atoms with van der Waals surface area (Å²) >= 11 is 0. The van der Waals surface area contributed by atoms with Gasteiger partial charge in [-0.1, -0.05) is 6.07 Å². The topological polar surface area (TPSA) is 127 Å². The van der Waals surface area contributed by atoms with Gasteiger partial charge < -0.3 is 15.8 Å². The van der Waals surface area contributed by atoms with E-state index in [1.807, 2.05) is 24.3 Å². The fourth-order valence-corrected chi connectivity index (χ4v) is 6.64. The molecule has 4 aliphatic carbocycles. The number of hydrogen-bond donors (Lipinski definition) is 3. The Hall–Kier alpha value is -3.25. The maximum atomic E-state index is 12.3. The average molecular weight is 386 g/mol. The lowest BCUT2D eigenvalue weighted by Crippen LogP contribution is -2.48. The molecule has 0 atom stereocenters. The summed E-state index contributed by atoms with van der Waals surface area (Å²) in [6.07, 6.45) is 7.43. The smallest absolute Gasteiger partial charge is 0.268 e. The molecule has 4 aliphatic rings. The van der Waals surface area contributed by atoms with Crippen LogP contribution in [0.2, 0.25) is 0 Å². The number of nitrogens with zero attached hydrogens (tertiary/aromatic N) is 2. The van der Waals surface area contributed by atoms with Gasteiger partial charge >= 0.3 is 0 Å². The van der Waals surface area contributed by atoms with Crippen LogP contribution in [0, 0.1) is 40.4 Å². The third-order valence-electron chi connectivity index (χ3n) is 7.38. The summed E-state index contributed by atoms with van der Waals surface area (Å²) in [5.41, 5.74) is 6.70. The van der Waals surface area contributed by atoms with Crippen molar-refractivity contribution in [3.63, 3.8) is 0 Å². The minimum absolute atomic E-state index is 0.0131. The predicted octanol–water partition coefficient (Wildman–Crippen LogP) is 3.54. The third kappa shape index (κ3) is 2.56. The molecule has 4 N–H and O–H groups in total. The molecule has 4 saturated carbocycles.